The summed E-state index contributed by atoms with van der Waals surface area (Å²) in [4.78, 5) is 18.0. The third-order valence-corrected chi connectivity index (χ3v) is 4.06. The molecule has 0 fully saturated rings. The van der Waals surface area contributed by atoms with Crippen molar-refractivity contribution in [2.45, 2.75) is 0 Å². The number of nitrogens with zero attached hydrogens (tertiary/aromatic N) is 1. The predicted molar refractivity (Wildman–Crippen MR) is 72.2 cm³/mol. The predicted octanol–water partition coefficient (Wildman–Crippen LogP) is 3.56. The molecule has 90 valence electrons. The Kier molecular flexibility index (Phi) is 2.73. The highest BCUT2D eigenvalue weighted by atomic mass is 32.1. The molecule has 0 aliphatic heterocycles. The molecule has 0 unspecified atom stereocenters. The van der Waals surface area contributed by atoms with Gasteiger partial charge in [-0.25, -0.2) is 9.78 Å². The molecule has 0 spiro atoms. The quantitative estimate of drug-likeness (QED) is 0.768. The molecule has 0 radical (unpaired) electrons. The molecular weight excluding hydrogens is 268 g/mol. The molecule has 2 N–H and O–H groups in total. The third kappa shape index (κ3) is 1.96. The minimum absolute atomic E-state index is 0.176. The number of thiazole rings is 1. The standard InChI is InChI=1S/C12H8N2O2S2/c15-12(16)9-3-8(4-13-9)10-6-18-11(14-10)7-1-2-17-5-7/h1-6,13H,(H,15,16). The first-order chi connectivity index (χ1) is 8.74. The second-order valence-electron chi connectivity index (χ2n) is 3.66. The molecule has 0 saturated heterocycles. The number of H-pyrrole nitrogens is 1. The number of carboxylic acids is 1. The van der Waals surface area contributed by atoms with Crippen molar-refractivity contribution in [3.63, 3.8) is 0 Å². The summed E-state index contributed by atoms with van der Waals surface area (Å²) in [5.74, 6) is -0.963. The molecule has 0 saturated carbocycles. The van der Waals surface area contributed by atoms with Gasteiger partial charge in [0.05, 0.1) is 5.69 Å². The summed E-state index contributed by atoms with van der Waals surface area (Å²) in [5, 5.41) is 15.8. The molecule has 0 atom stereocenters. The van der Waals surface area contributed by atoms with Crippen molar-refractivity contribution in [2.75, 3.05) is 0 Å². The maximum atomic E-state index is 10.8. The Morgan fingerprint density at radius 1 is 1.33 bits per heavy atom. The average molecular weight is 276 g/mol. The van der Waals surface area contributed by atoms with Gasteiger partial charge in [-0.15, -0.1) is 11.3 Å². The molecule has 0 bridgehead atoms. The number of thiophene rings is 1. The lowest BCUT2D eigenvalue weighted by Gasteiger charge is -1.89. The highest BCUT2D eigenvalue weighted by Gasteiger charge is 2.11. The molecule has 0 aliphatic carbocycles. The van der Waals surface area contributed by atoms with E-state index in [2.05, 4.69) is 9.97 Å². The van der Waals surface area contributed by atoms with Gasteiger partial charge in [0.15, 0.2) is 0 Å². The molecule has 3 heterocycles. The van der Waals surface area contributed by atoms with Crippen LogP contribution in [0, 0.1) is 0 Å². The second-order valence-corrected chi connectivity index (χ2v) is 5.30. The summed E-state index contributed by atoms with van der Waals surface area (Å²) in [6.07, 6.45) is 1.66. The van der Waals surface area contributed by atoms with Crippen LogP contribution in [0.4, 0.5) is 0 Å². The number of nitrogens with one attached hydrogen (secondary N) is 1. The monoisotopic (exact) mass is 276 g/mol. The summed E-state index contributed by atoms with van der Waals surface area (Å²) < 4.78 is 0. The smallest absolute Gasteiger partial charge is 0.352 e. The lowest BCUT2D eigenvalue weighted by Crippen LogP contribution is -1.94. The lowest BCUT2D eigenvalue weighted by molar-refractivity contribution is 0.0691. The number of carboxylic acid groups (broad SMARTS) is 1. The van der Waals surface area contributed by atoms with Gasteiger partial charge in [0.25, 0.3) is 0 Å². The van der Waals surface area contributed by atoms with E-state index in [1.165, 1.54) is 0 Å². The van der Waals surface area contributed by atoms with E-state index in [-0.39, 0.29) is 5.69 Å². The fraction of sp³-hybridized carbons (Fsp3) is 0. The molecule has 0 amide bonds. The van der Waals surface area contributed by atoms with Gasteiger partial charge in [-0.3, -0.25) is 0 Å². The van der Waals surface area contributed by atoms with E-state index in [0.29, 0.717) is 0 Å². The number of aromatic amines is 1. The maximum absolute atomic E-state index is 10.8. The molecule has 3 aromatic rings. The van der Waals surface area contributed by atoms with Crippen LogP contribution < -0.4 is 0 Å². The van der Waals surface area contributed by atoms with E-state index < -0.39 is 5.97 Å². The fourth-order valence-corrected chi connectivity index (χ4v) is 3.13. The van der Waals surface area contributed by atoms with Gasteiger partial charge < -0.3 is 10.1 Å². The minimum Gasteiger partial charge on any atom is -0.477 e. The van der Waals surface area contributed by atoms with Crippen molar-refractivity contribution >= 4 is 28.6 Å². The Balaban J connectivity index is 1.95. The Labute approximate surface area is 111 Å². The number of aromatic nitrogens is 2. The second kappa shape index (κ2) is 4.40. The van der Waals surface area contributed by atoms with Crippen LogP contribution in [0.15, 0.2) is 34.5 Å². The van der Waals surface area contributed by atoms with Gasteiger partial charge >= 0.3 is 5.97 Å². The summed E-state index contributed by atoms with van der Waals surface area (Å²) in [5.41, 5.74) is 2.87. The lowest BCUT2D eigenvalue weighted by atomic mass is 10.2. The summed E-state index contributed by atoms with van der Waals surface area (Å²) in [6, 6.07) is 3.61. The van der Waals surface area contributed by atoms with E-state index >= 15 is 0 Å². The third-order valence-electron chi connectivity index (χ3n) is 2.48. The van der Waals surface area contributed by atoms with Crippen LogP contribution in [-0.4, -0.2) is 21.0 Å². The van der Waals surface area contributed by atoms with Crippen LogP contribution in [0.3, 0.4) is 0 Å². The normalized spacial score (nSPS) is 10.7. The van der Waals surface area contributed by atoms with Gasteiger partial charge in [0.2, 0.25) is 0 Å². The van der Waals surface area contributed by atoms with E-state index in [4.69, 9.17) is 5.11 Å². The van der Waals surface area contributed by atoms with Crippen molar-refractivity contribution in [1.29, 1.82) is 0 Å². The largest absolute Gasteiger partial charge is 0.477 e. The van der Waals surface area contributed by atoms with Crippen molar-refractivity contribution in [3.05, 3.63) is 40.2 Å². The SMILES string of the molecule is O=C(O)c1cc(-c2csc(-c3ccsc3)n2)c[nH]1. The zero-order valence-electron chi connectivity index (χ0n) is 9.08. The first-order valence-electron chi connectivity index (χ1n) is 5.14. The molecule has 0 aromatic carbocycles. The van der Waals surface area contributed by atoms with E-state index in [1.54, 1.807) is 34.9 Å². The van der Waals surface area contributed by atoms with Crippen molar-refractivity contribution < 1.29 is 9.90 Å². The van der Waals surface area contributed by atoms with Crippen molar-refractivity contribution in [3.8, 4) is 21.8 Å². The number of rotatable bonds is 3. The van der Waals surface area contributed by atoms with Gasteiger partial charge in [0.1, 0.15) is 10.7 Å². The van der Waals surface area contributed by atoms with Gasteiger partial charge in [-0.2, -0.15) is 11.3 Å². The Morgan fingerprint density at radius 2 is 2.22 bits per heavy atom. The summed E-state index contributed by atoms with van der Waals surface area (Å²) >= 11 is 3.18. The van der Waals surface area contributed by atoms with E-state index in [9.17, 15) is 4.79 Å². The van der Waals surface area contributed by atoms with Crippen molar-refractivity contribution in [2.24, 2.45) is 0 Å². The van der Waals surface area contributed by atoms with E-state index in [0.717, 1.165) is 21.8 Å². The molecule has 3 aromatic heterocycles. The first kappa shape index (κ1) is 11.2. The van der Waals surface area contributed by atoms with Gasteiger partial charge in [-0.05, 0) is 17.5 Å². The van der Waals surface area contributed by atoms with Gasteiger partial charge in [-0.1, -0.05) is 0 Å². The number of carbonyl (C=O) groups is 1. The molecule has 18 heavy (non-hydrogen) atoms. The van der Waals surface area contributed by atoms with Crippen LogP contribution in [0.25, 0.3) is 21.8 Å². The van der Waals surface area contributed by atoms with Gasteiger partial charge in [0, 0.05) is 28.1 Å². The van der Waals surface area contributed by atoms with Crippen LogP contribution in [-0.2, 0) is 0 Å². The fourth-order valence-electron chi connectivity index (χ4n) is 1.59. The number of aromatic carboxylic acids is 1. The minimum atomic E-state index is -0.963. The van der Waals surface area contributed by atoms with Crippen LogP contribution in [0.1, 0.15) is 10.5 Å². The van der Waals surface area contributed by atoms with Crippen LogP contribution in [0.2, 0.25) is 0 Å². The summed E-state index contributed by atoms with van der Waals surface area (Å²) in [6.45, 7) is 0. The van der Waals surface area contributed by atoms with Crippen molar-refractivity contribution in [1.82, 2.24) is 9.97 Å². The topological polar surface area (TPSA) is 66.0 Å². The Hall–Kier alpha value is -1.92. The van der Waals surface area contributed by atoms with Crippen LogP contribution >= 0.6 is 22.7 Å². The molecule has 0 aliphatic rings. The maximum Gasteiger partial charge on any atom is 0.352 e. The number of hydrogen-bond donors (Lipinski definition) is 2. The zero-order chi connectivity index (χ0) is 12.5. The first-order valence-corrected chi connectivity index (χ1v) is 6.96. The average Bonchev–Trinajstić information content (AvgIpc) is 3.10. The van der Waals surface area contributed by atoms with E-state index in [1.807, 2.05) is 22.2 Å². The number of hydrogen-bond acceptors (Lipinski definition) is 4. The Bertz CT molecular complexity index is 683. The molecule has 3 rings (SSSR count). The molecule has 6 heteroatoms. The zero-order valence-corrected chi connectivity index (χ0v) is 10.7. The molecular formula is C12H8N2O2S2. The highest BCUT2D eigenvalue weighted by molar-refractivity contribution is 7.14. The highest BCUT2D eigenvalue weighted by Crippen LogP contribution is 2.30. The van der Waals surface area contributed by atoms with Crippen LogP contribution in [0.5, 0.6) is 0 Å². The Morgan fingerprint density at radius 3 is 2.89 bits per heavy atom. The summed E-state index contributed by atoms with van der Waals surface area (Å²) in [7, 11) is 0. The molecule has 4 nitrogen and oxygen atoms in total.